The van der Waals surface area contributed by atoms with Crippen LogP contribution in [-0.2, 0) is 14.8 Å². The van der Waals surface area contributed by atoms with E-state index in [0.29, 0.717) is 31.1 Å². The Morgan fingerprint density at radius 3 is 2.26 bits per heavy atom. The first kappa shape index (κ1) is 15.1. The molecule has 3 aliphatic carbocycles. The van der Waals surface area contributed by atoms with E-state index in [-0.39, 0.29) is 30.3 Å². The van der Waals surface area contributed by atoms with E-state index in [1.54, 1.807) is 6.92 Å². The van der Waals surface area contributed by atoms with Gasteiger partial charge in [0.1, 0.15) is 0 Å². The van der Waals surface area contributed by atoms with E-state index in [4.69, 9.17) is 5.73 Å². The van der Waals surface area contributed by atoms with E-state index in [0.717, 1.165) is 12.8 Å². The van der Waals surface area contributed by atoms with Crippen molar-refractivity contribution < 1.29 is 13.2 Å². The highest BCUT2D eigenvalue weighted by molar-refractivity contribution is 7.91. The Morgan fingerprint density at radius 1 is 1.26 bits per heavy atom. The Morgan fingerprint density at radius 2 is 1.89 bits per heavy atom. The van der Waals surface area contributed by atoms with Gasteiger partial charge in [-0.2, -0.15) is 0 Å². The third-order valence-corrected chi connectivity index (χ3v) is 7.29. The maximum Gasteiger partial charge on any atom is 0.240 e. The summed E-state index contributed by atoms with van der Waals surface area (Å²) in [6.45, 7) is 1.71. The lowest BCUT2D eigenvalue weighted by Crippen LogP contribution is -2.51. The first-order chi connectivity index (χ1) is 8.34. The third kappa shape index (κ3) is 2.28. The van der Waals surface area contributed by atoms with Crippen LogP contribution in [0.25, 0.3) is 0 Å². The fourth-order valence-corrected chi connectivity index (χ4v) is 4.90. The predicted octanol–water partition coefficient (Wildman–Crippen LogP) is 0.780. The highest BCUT2D eigenvalue weighted by atomic mass is 35.5. The van der Waals surface area contributed by atoms with Crippen LogP contribution in [0.5, 0.6) is 0 Å². The number of carbonyl (C=O) groups is 1. The lowest BCUT2D eigenvalue weighted by atomic mass is 9.86. The number of hydrogen-bond acceptors (Lipinski definition) is 4. The molecule has 0 aromatic rings. The fourth-order valence-electron chi connectivity index (χ4n) is 3.41. The molecule has 3 rings (SSSR count). The number of nitrogens with two attached hydrogens (primary N) is 1. The van der Waals surface area contributed by atoms with Gasteiger partial charge in [-0.1, -0.05) is 6.42 Å². The minimum atomic E-state index is -3.52. The van der Waals surface area contributed by atoms with E-state index >= 15 is 0 Å². The number of halogens is 1. The lowest BCUT2D eigenvalue weighted by molar-refractivity contribution is -0.123. The fraction of sp³-hybridized carbons (Fsp3) is 0.917. The molecule has 1 amide bonds. The minimum absolute atomic E-state index is 0. The van der Waals surface area contributed by atoms with Gasteiger partial charge in [0.25, 0.3) is 0 Å². The van der Waals surface area contributed by atoms with Gasteiger partial charge in [0.05, 0.1) is 4.75 Å². The molecular weight excluding hydrogens is 288 g/mol. The zero-order valence-corrected chi connectivity index (χ0v) is 12.6. The second-order valence-electron chi connectivity index (χ2n) is 6.34. The van der Waals surface area contributed by atoms with Crippen LogP contribution >= 0.6 is 12.4 Å². The summed E-state index contributed by atoms with van der Waals surface area (Å²) in [5.74, 6) is 0.249. The quantitative estimate of drug-likeness (QED) is 0.806. The Labute approximate surface area is 120 Å². The summed E-state index contributed by atoms with van der Waals surface area (Å²) < 4.78 is 25.8. The molecule has 110 valence electrons. The lowest BCUT2D eigenvalue weighted by Gasteiger charge is -2.37. The molecule has 0 aromatic heterocycles. The first-order valence-electron chi connectivity index (χ1n) is 6.66. The molecule has 19 heavy (non-hydrogen) atoms. The van der Waals surface area contributed by atoms with E-state index < -0.39 is 14.8 Å². The summed E-state index contributed by atoms with van der Waals surface area (Å²) in [5.41, 5.74) is 5.91. The van der Waals surface area contributed by atoms with Crippen molar-refractivity contribution in [1.29, 1.82) is 0 Å². The van der Waals surface area contributed by atoms with Gasteiger partial charge in [0.2, 0.25) is 15.9 Å². The predicted molar refractivity (Wildman–Crippen MR) is 74.2 cm³/mol. The van der Waals surface area contributed by atoms with Crippen molar-refractivity contribution >= 4 is 28.3 Å². The maximum absolute atomic E-state index is 12.1. The highest BCUT2D eigenvalue weighted by Gasteiger charge is 2.56. The Balaban J connectivity index is 0.00000133. The van der Waals surface area contributed by atoms with Crippen molar-refractivity contribution in [2.24, 2.45) is 23.5 Å². The van der Waals surface area contributed by atoms with Crippen LogP contribution in [0, 0.1) is 17.8 Å². The van der Waals surface area contributed by atoms with Crippen LogP contribution in [0.4, 0.5) is 0 Å². The topological polar surface area (TPSA) is 89.3 Å². The number of amides is 1. The molecule has 0 aliphatic heterocycles. The molecule has 3 saturated carbocycles. The van der Waals surface area contributed by atoms with Gasteiger partial charge in [-0.15, -0.1) is 12.4 Å². The molecule has 0 saturated heterocycles. The number of sulfonamides is 1. The molecule has 3 fully saturated rings. The molecule has 0 heterocycles. The van der Waals surface area contributed by atoms with Gasteiger partial charge in [-0.3, -0.25) is 9.52 Å². The largest absolute Gasteiger partial charge is 0.327 e. The van der Waals surface area contributed by atoms with Gasteiger partial charge < -0.3 is 5.73 Å². The summed E-state index contributed by atoms with van der Waals surface area (Å²) in [6.07, 6.45) is 3.83. The number of hydrogen-bond donors (Lipinski definition) is 2. The van der Waals surface area contributed by atoms with Crippen LogP contribution < -0.4 is 10.5 Å². The van der Waals surface area contributed by atoms with E-state index in [1.807, 2.05) is 0 Å². The summed E-state index contributed by atoms with van der Waals surface area (Å²) in [5, 5.41) is 0. The maximum atomic E-state index is 12.1. The van der Waals surface area contributed by atoms with Crippen LogP contribution in [0.2, 0.25) is 0 Å². The molecule has 7 heteroatoms. The van der Waals surface area contributed by atoms with E-state index in [1.165, 1.54) is 0 Å². The van der Waals surface area contributed by atoms with Crippen LogP contribution in [0.15, 0.2) is 0 Å². The van der Waals surface area contributed by atoms with Crippen LogP contribution in [0.3, 0.4) is 0 Å². The van der Waals surface area contributed by atoms with Crippen molar-refractivity contribution in [3.63, 3.8) is 0 Å². The minimum Gasteiger partial charge on any atom is -0.327 e. The average Bonchev–Trinajstić information content (AvgIpc) is 2.95. The molecule has 3 aliphatic rings. The van der Waals surface area contributed by atoms with Crippen molar-refractivity contribution in [2.45, 2.75) is 49.8 Å². The zero-order valence-electron chi connectivity index (χ0n) is 11.0. The molecule has 5 nitrogen and oxygen atoms in total. The molecule has 4 atom stereocenters. The van der Waals surface area contributed by atoms with E-state index in [9.17, 15) is 13.2 Å². The third-order valence-electron chi connectivity index (χ3n) is 5.12. The summed E-state index contributed by atoms with van der Waals surface area (Å²) in [6, 6.07) is 0.0766. The van der Waals surface area contributed by atoms with Crippen LogP contribution in [0.1, 0.15) is 39.0 Å². The molecule has 0 bridgehead atoms. The molecule has 0 radical (unpaired) electrons. The summed E-state index contributed by atoms with van der Waals surface area (Å²) in [4.78, 5) is 12.1. The second kappa shape index (κ2) is 4.60. The average molecular weight is 309 g/mol. The molecule has 0 aromatic carbocycles. The van der Waals surface area contributed by atoms with Crippen molar-refractivity contribution in [1.82, 2.24) is 4.72 Å². The molecular formula is C12H21ClN2O3S. The number of nitrogens with one attached hydrogen (secondary N) is 1. The smallest absolute Gasteiger partial charge is 0.240 e. The standard InChI is InChI=1S/C12H20N2O3S.ClH/c1-12(3-2-4-12)18(16,17)14-11(15)9-6-10(13)8-5-7(8)9;/h7-10H,2-6,13H2,1H3,(H,14,15);1H/t7-,8+,9-,10+;/m1./s1. The monoisotopic (exact) mass is 308 g/mol. The van der Waals surface area contributed by atoms with Gasteiger partial charge in [0.15, 0.2) is 0 Å². The van der Waals surface area contributed by atoms with Crippen molar-refractivity contribution in [2.75, 3.05) is 0 Å². The summed E-state index contributed by atoms with van der Waals surface area (Å²) >= 11 is 0. The SMILES string of the molecule is CC1(S(=O)(=O)NC(=O)[C@@H]2C[C@H](N)[C@H]3C[C@H]32)CCC1.Cl. The van der Waals surface area contributed by atoms with Gasteiger partial charge >= 0.3 is 0 Å². The highest BCUT2D eigenvalue weighted by Crippen LogP contribution is 2.54. The normalized spacial score (nSPS) is 38.6. The Bertz CT molecular complexity index is 489. The first-order valence-corrected chi connectivity index (χ1v) is 8.14. The molecule has 3 N–H and O–H groups in total. The molecule has 0 unspecified atom stereocenters. The second-order valence-corrected chi connectivity index (χ2v) is 8.54. The van der Waals surface area contributed by atoms with Crippen molar-refractivity contribution in [3.8, 4) is 0 Å². The van der Waals surface area contributed by atoms with Crippen LogP contribution in [-0.4, -0.2) is 25.1 Å². The number of carbonyl (C=O) groups excluding carboxylic acids is 1. The summed E-state index contributed by atoms with van der Waals surface area (Å²) in [7, 11) is -3.52. The molecule has 0 spiro atoms. The van der Waals surface area contributed by atoms with Gasteiger partial charge in [-0.05, 0) is 44.4 Å². The Hall–Kier alpha value is -0.330. The van der Waals surface area contributed by atoms with Gasteiger partial charge in [0, 0.05) is 12.0 Å². The van der Waals surface area contributed by atoms with Crippen molar-refractivity contribution in [3.05, 3.63) is 0 Å². The Kier molecular flexibility index (Phi) is 3.65. The van der Waals surface area contributed by atoms with Gasteiger partial charge in [-0.25, -0.2) is 8.42 Å². The number of rotatable bonds is 3. The number of fused-ring (bicyclic) bond motifs is 1. The van der Waals surface area contributed by atoms with E-state index in [2.05, 4.69) is 4.72 Å². The zero-order chi connectivity index (χ0) is 13.1.